The number of fused-ring (bicyclic) bond motifs is 1. The number of halogens is 7. The number of nitrogens with one attached hydrogen (secondary N) is 1. The van der Waals surface area contributed by atoms with Crippen molar-refractivity contribution in [3.8, 4) is 0 Å². The Hall–Kier alpha value is -2.89. The van der Waals surface area contributed by atoms with Crippen molar-refractivity contribution in [2.75, 3.05) is 11.9 Å². The van der Waals surface area contributed by atoms with E-state index in [2.05, 4.69) is 15.3 Å². The molecule has 1 saturated carbocycles. The van der Waals surface area contributed by atoms with Gasteiger partial charge in [-0.1, -0.05) is 12.1 Å². The molecule has 2 N–H and O–H groups in total. The van der Waals surface area contributed by atoms with Gasteiger partial charge in [0.15, 0.2) is 11.4 Å². The molecule has 31 heavy (non-hydrogen) atoms. The van der Waals surface area contributed by atoms with Gasteiger partial charge in [-0.15, -0.1) is 0 Å². The summed E-state index contributed by atoms with van der Waals surface area (Å²) in [7, 11) is 0. The summed E-state index contributed by atoms with van der Waals surface area (Å²) >= 11 is 0. The number of nitrogens with zero attached hydrogens (tertiary/aromatic N) is 3. The van der Waals surface area contributed by atoms with Crippen LogP contribution in [0.2, 0.25) is 0 Å². The predicted octanol–water partition coefficient (Wildman–Crippen LogP) is 4.41. The lowest BCUT2D eigenvalue weighted by Gasteiger charge is -2.46. The number of aliphatic hydroxyl groups excluding tert-OH is 1. The van der Waals surface area contributed by atoms with Crippen LogP contribution in [0.3, 0.4) is 0 Å². The van der Waals surface area contributed by atoms with Crippen LogP contribution in [0.4, 0.5) is 36.6 Å². The molecular weight excluding hydrogens is 433 g/mol. The number of benzene rings is 1. The van der Waals surface area contributed by atoms with E-state index in [-0.39, 0.29) is 25.2 Å². The molecule has 1 aromatic carbocycles. The molecule has 166 valence electrons. The van der Waals surface area contributed by atoms with E-state index in [4.69, 9.17) is 0 Å². The Bertz CT molecular complexity index is 1100. The summed E-state index contributed by atoms with van der Waals surface area (Å²) < 4.78 is 92.8. The number of aromatic nitrogens is 3. The molecule has 12 heteroatoms. The zero-order valence-electron chi connectivity index (χ0n) is 15.6. The van der Waals surface area contributed by atoms with Crippen LogP contribution in [0, 0.1) is 5.82 Å². The fourth-order valence-electron chi connectivity index (χ4n) is 3.77. The molecule has 3 aromatic rings. The van der Waals surface area contributed by atoms with Crippen LogP contribution in [-0.4, -0.2) is 32.1 Å². The van der Waals surface area contributed by atoms with Crippen molar-refractivity contribution in [1.82, 2.24) is 14.4 Å². The fourth-order valence-corrected chi connectivity index (χ4v) is 3.77. The van der Waals surface area contributed by atoms with Gasteiger partial charge < -0.3 is 10.4 Å². The molecule has 0 bridgehead atoms. The molecule has 0 aliphatic heterocycles. The maximum Gasteiger partial charge on any atom is 0.434 e. The lowest BCUT2D eigenvalue weighted by molar-refractivity contribution is -0.141. The number of aliphatic hydroxyl groups is 1. The first-order chi connectivity index (χ1) is 14.4. The molecule has 4 rings (SSSR count). The Morgan fingerprint density at radius 1 is 1.00 bits per heavy atom. The van der Waals surface area contributed by atoms with E-state index in [9.17, 15) is 35.8 Å². The zero-order chi connectivity index (χ0) is 22.6. The molecule has 2 aromatic heterocycles. The monoisotopic (exact) mass is 448 g/mol. The fraction of sp³-hybridized carbons (Fsp3) is 0.368. The maximum absolute atomic E-state index is 13.3. The van der Waals surface area contributed by atoms with Crippen LogP contribution in [0.1, 0.15) is 29.8 Å². The molecule has 0 atom stereocenters. The minimum Gasteiger partial charge on any atom is -0.393 e. The molecule has 2 heterocycles. The Morgan fingerprint density at radius 3 is 2.13 bits per heavy atom. The van der Waals surface area contributed by atoms with Crippen LogP contribution < -0.4 is 5.32 Å². The maximum atomic E-state index is 13.3. The SMILES string of the molecule is OC1CC(CNc2cc(C(F)(F)F)nc3nc(C(F)(F)F)cn23)(c2ccc(F)cc2)C1. The minimum atomic E-state index is -4.90. The Balaban J connectivity index is 1.72. The van der Waals surface area contributed by atoms with Gasteiger partial charge in [0.25, 0.3) is 0 Å². The highest BCUT2D eigenvalue weighted by molar-refractivity contribution is 5.49. The highest BCUT2D eigenvalue weighted by Crippen LogP contribution is 2.44. The van der Waals surface area contributed by atoms with Gasteiger partial charge in [-0.3, -0.25) is 4.40 Å². The number of alkyl halides is 6. The molecule has 0 saturated heterocycles. The summed E-state index contributed by atoms with van der Waals surface area (Å²) in [5, 5.41) is 12.6. The first-order valence-corrected chi connectivity index (χ1v) is 9.10. The van der Waals surface area contributed by atoms with Crippen LogP contribution in [0.5, 0.6) is 0 Å². The smallest absolute Gasteiger partial charge is 0.393 e. The van der Waals surface area contributed by atoms with Gasteiger partial charge in [0.1, 0.15) is 11.6 Å². The topological polar surface area (TPSA) is 62.5 Å². The number of hydrogen-bond acceptors (Lipinski definition) is 4. The van der Waals surface area contributed by atoms with Gasteiger partial charge in [0, 0.05) is 24.2 Å². The largest absolute Gasteiger partial charge is 0.434 e. The van der Waals surface area contributed by atoms with Gasteiger partial charge in [-0.05, 0) is 30.5 Å². The minimum absolute atomic E-state index is 0.00830. The van der Waals surface area contributed by atoms with Crippen molar-refractivity contribution >= 4 is 11.6 Å². The van der Waals surface area contributed by atoms with E-state index >= 15 is 0 Å². The average molecular weight is 448 g/mol. The van der Waals surface area contributed by atoms with Gasteiger partial charge in [0.05, 0.1) is 6.10 Å². The Morgan fingerprint density at radius 2 is 1.58 bits per heavy atom. The highest BCUT2D eigenvalue weighted by Gasteiger charge is 2.45. The van der Waals surface area contributed by atoms with Crippen LogP contribution in [-0.2, 0) is 17.8 Å². The van der Waals surface area contributed by atoms with Crippen LogP contribution >= 0.6 is 0 Å². The van der Waals surface area contributed by atoms with E-state index < -0.39 is 46.9 Å². The number of rotatable bonds is 4. The number of hydrogen-bond donors (Lipinski definition) is 2. The highest BCUT2D eigenvalue weighted by atomic mass is 19.4. The van der Waals surface area contributed by atoms with Crippen molar-refractivity contribution in [3.63, 3.8) is 0 Å². The number of imidazole rings is 1. The second-order valence-electron chi connectivity index (χ2n) is 7.52. The summed E-state index contributed by atoms with van der Waals surface area (Å²) in [5.74, 6) is -1.52. The average Bonchev–Trinajstić information content (AvgIpc) is 3.09. The third-order valence-corrected chi connectivity index (χ3v) is 5.34. The number of anilines is 1. The van der Waals surface area contributed by atoms with E-state index in [1.54, 1.807) is 0 Å². The Labute approximate surface area is 170 Å². The summed E-state index contributed by atoms with van der Waals surface area (Å²) in [6.07, 6.45) is -9.35. The van der Waals surface area contributed by atoms with Crippen molar-refractivity contribution in [2.45, 2.75) is 36.7 Å². The predicted molar refractivity (Wildman–Crippen MR) is 94.8 cm³/mol. The first-order valence-electron chi connectivity index (χ1n) is 9.10. The van der Waals surface area contributed by atoms with Crippen molar-refractivity contribution in [3.05, 3.63) is 59.3 Å². The zero-order valence-corrected chi connectivity index (χ0v) is 15.6. The third-order valence-electron chi connectivity index (χ3n) is 5.34. The molecule has 1 fully saturated rings. The van der Waals surface area contributed by atoms with Crippen LogP contribution in [0.15, 0.2) is 36.5 Å². The summed E-state index contributed by atoms with van der Waals surface area (Å²) in [6, 6.07) is 6.05. The van der Waals surface area contributed by atoms with E-state index in [1.807, 2.05) is 0 Å². The van der Waals surface area contributed by atoms with Gasteiger partial charge in [-0.2, -0.15) is 26.3 Å². The van der Waals surface area contributed by atoms with Crippen molar-refractivity contribution in [1.29, 1.82) is 0 Å². The van der Waals surface area contributed by atoms with Crippen LogP contribution in [0.25, 0.3) is 5.78 Å². The van der Waals surface area contributed by atoms with E-state index in [1.165, 1.54) is 24.3 Å². The molecule has 1 aliphatic carbocycles. The lowest BCUT2D eigenvalue weighted by Crippen LogP contribution is -2.49. The molecule has 0 amide bonds. The summed E-state index contributed by atoms with van der Waals surface area (Å²) in [6.45, 7) is -0.00830. The molecule has 0 spiro atoms. The summed E-state index contributed by atoms with van der Waals surface area (Å²) in [4.78, 5) is 6.39. The van der Waals surface area contributed by atoms with Gasteiger partial charge >= 0.3 is 12.4 Å². The van der Waals surface area contributed by atoms with E-state index in [0.29, 0.717) is 17.8 Å². The molecular formula is C19H15F7N4O. The van der Waals surface area contributed by atoms with Crippen molar-refractivity contribution < 1.29 is 35.8 Å². The second kappa shape index (κ2) is 7.08. The van der Waals surface area contributed by atoms with E-state index in [0.717, 1.165) is 4.40 Å². The molecule has 0 unspecified atom stereocenters. The summed E-state index contributed by atoms with van der Waals surface area (Å²) in [5.41, 5.74) is -2.86. The Kier molecular flexibility index (Phi) is 4.87. The normalized spacial score (nSPS) is 21.9. The second-order valence-corrected chi connectivity index (χ2v) is 7.52. The van der Waals surface area contributed by atoms with Crippen molar-refractivity contribution in [2.24, 2.45) is 0 Å². The quantitative estimate of drug-likeness (QED) is 0.581. The van der Waals surface area contributed by atoms with Gasteiger partial charge in [0.2, 0.25) is 5.78 Å². The third kappa shape index (κ3) is 4.03. The standard InChI is InChI=1S/C19H15F7N4O/c20-11-3-1-10(2-4-11)17(6-12(31)7-17)9-27-15-5-13(18(21,22)23)28-16-29-14(8-30(15)16)19(24,25)26/h1-5,8,12,27,31H,6-7,9H2. The van der Waals surface area contributed by atoms with Gasteiger partial charge in [-0.25, -0.2) is 14.4 Å². The first kappa shape index (κ1) is 21.3. The molecule has 1 aliphatic rings. The molecule has 5 nitrogen and oxygen atoms in total. The molecule has 0 radical (unpaired) electrons. The lowest BCUT2D eigenvalue weighted by atomic mass is 9.62.